The quantitative estimate of drug-likeness (QED) is 0.685. The first-order chi connectivity index (χ1) is 6.99. The molecule has 1 heterocycles. The van der Waals surface area contributed by atoms with Crippen molar-refractivity contribution in [1.82, 2.24) is 4.31 Å². The summed E-state index contributed by atoms with van der Waals surface area (Å²) in [7, 11) is -3.66. The molecule has 1 unspecified atom stereocenters. The third-order valence-corrected chi connectivity index (χ3v) is 4.03. The number of rotatable bonds is 3. The van der Waals surface area contributed by atoms with E-state index in [1.807, 2.05) is 0 Å². The fourth-order valence-corrected chi connectivity index (χ4v) is 3.02. The summed E-state index contributed by atoms with van der Waals surface area (Å²) in [6.45, 7) is 0.275. The van der Waals surface area contributed by atoms with Gasteiger partial charge in [0.15, 0.2) is 5.75 Å². The van der Waals surface area contributed by atoms with Crippen molar-refractivity contribution in [3.8, 4) is 6.07 Å². The van der Waals surface area contributed by atoms with Gasteiger partial charge in [0.25, 0.3) is 0 Å². The van der Waals surface area contributed by atoms with Gasteiger partial charge in [-0.1, -0.05) is 6.42 Å². The fourth-order valence-electron chi connectivity index (χ4n) is 1.69. The molecule has 1 saturated heterocycles. The molecule has 2 N–H and O–H groups in total. The zero-order valence-corrected chi connectivity index (χ0v) is 9.03. The summed E-state index contributed by atoms with van der Waals surface area (Å²) in [5, 5.41) is 8.39. The van der Waals surface area contributed by atoms with Gasteiger partial charge in [-0.3, -0.25) is 4.79 Å². The van der Waals surface area contributed by atoms with Gasteiger partial charge in [-0.25, -0.2) is 8.42 Å². The van der Waals surface area contributed by atoms with E-state index in [2.05, 4.69) is 0 Å². The summed E-state index contributed by atoms with van der Waals surface area (Å²) in [6.07, 6.45) is 1.93. The summed E-state index contributed by atoms with van der Waals surface area (Å²) in [4.78, 5) is 11.0. The van der Waals surface area contributed by atoms with Crippen LogP contribution in [0.15, 0.2) is 0 Å². The molecule has 0 aromatic rings. The average molecular weight is 231 g/mol. The van der Waals surface area contributed by atoms with Crippen molar-refractivity contribution in [2.24, 2.45) is 5.73 Å². The second-order valence-electron chi connectivity index (χ2n) is 3.44. The highest BCUT2D eigenvalue weighted by Gasteiger charge is 2.35. The molecule has 1 aliphatic heterocycles. The van der Waals surface area contributed by atoms with E-state index in [4.69, 9.17) is 11.0 Å². The summed E-state index contributed by atoms with van der Waals surface area (Å²) in [5.74, 6) is -1.24. The Kier molecular flexibility index (Phi) is 3.66. The summed E-state index contributed by atoms with van der Waals surface area (Å²) < 4.78 is 24.2. The molecule has 0 spiro atoms. The minimum atomic E-state index is -3.66. The Morgan fingerprint density at radius 3 is 2.73 bits per heavy atom. The van der Waals surface area contributed by atoms with E-state index in [0.29, 0.717) is 12.8 Å². The number of nitriles is 1. The molecule has 1 fully saturated rings. The van der Waals surface area contributed by atoms with Gasteiger partial charge in [0, 0.05) is 6.54 Å². The lowest BCUT2D eigenvalue weighted by molar-refractivity contribution is -0.122. The zero-order chi connectivity index (χ0) is 11.5. The Hall–Kier alpha value is -1.13. The number of primary amides is 1. The van der Waals surface area contributed by atoms with Crippen LogP contribution in [0.5, 0.6) is 0 Å². The molecule has 0 aromatic heterocycles. The number of nitrogens with two attached hydrogens (primary N) is 1. The van der Waals surface area contributed by atoms with Crippen LogP contribution < -0.4 is 5.73 Å². The number of sulfonamides is 1. The number of piperidine rings is 1. The SMILES string of the molecule is N#CCS(=O)(=O)N1CCCCC1C(N)=O. The van der Waals surface area contributed by atoms with Crippen molar-refractivity contribution in [3.05, 3.63) is 0 Å². The maximum Gasteiger partial charge on any atom is 0.235 e. The van der Waals surface area contributed by atoms with Crippen LogP contribution in [-0.4, -0.2) is 37.0 Å². The van der Waals surface area contributed by atoms with Crippen LogP contribution in [0.25, 0.3) is 0 Å². The lowest BCUT2D eigenvalue weighted by Crippen LogP contribution is -2.50. The highest BCUT2D eigenvalue weighted by Crippen LogP contribution is 2.20. The molecule has 15 heavy (non-hydrogen) atoms. The van der Waals surface area contributed by atoms with Gasteiger partial charge in [-0.15, -0.1) is 0 Å². The first-order valence-electron chi connectivity index (χ1n) is 4.65. The molecule has 0 aromatic carbocycles. The highest BCUT2D eigenvalue weighted by atomic mass is 32.2. The Labute approximate surface area is 88.7 Å². The van der Waals surface area contributed by atoms with E-state index in [-0.39, 0.29) is 6.54 Å². The van der Waals surface area contributed by atoms with Crippen LogP contribution in [-0.2, 0) is 14.8 Å². The standard InChI is InChI=1S/C8H13N3O3S/c9-4-6-15(13,14)11-5-2-1-3-7(11)8(10)12/h7H,1-3,5-6H2,(H2,10,12). The van der Waals surface area contributed by atoms with Crippen molar-refractivity contribution in [2.45, 2.75) is 25.3 Å². The van der Waals surface area contributed by atoms with Crippen molar-refractivity contribution in [2.75, 3.05) is 12.3 Å². The van der Waals surface area contributed by atoms with Crippen molar-refractivity contribution < 1.29 is 13.2 Å². The predicted molar refractivity (Wildman–Crippen MR) is 52.9 cm³/mol. The van der Waals surface area contributed by atoms with Gasteiger partial charge in [0.2, 0.25) is 15.9 Å². The van der Waals surface area contributed by atoms with Crippen LogP contribution in [0.1, 0.15) is 19.3 Å². The number of carbonyl (C=O) groups excluding carboxylic acids is 1. The molecule has 1 aliphatic rings. The van der Waals surface area contributed by atoms with Gasteiger partial charge in [-0.2, -0.15) is 9.57 Å². The maximum absolute atomic E-state index is 11.6. The minimum absolute atomic E-state index is 0.275. The molecule has 1 atom stereocenters. The Bertz CT molecular complexity index is 384. The van der Waals surface area contributed by atoms with E-state index in [9.17, 15) is 13.2 Å². The van der Waals surface area contributed by atoms with Gasteiger partial charge in [0.1, 0.15) is 6.04 Å². The fraction of sp³-hybridized carbons (Fsp3) is 0.750. The molecular weight excluding hydrogens is 218 g/mol. The molecule has 1 rings (SSSR count). The van der Waals surface area contributed by atoms with Crippen LogP contribution in [0.4, 0.5) is 0 Å². The summed E-state index contributed by atoms with van der Waals surface area (Å²) in [5.41, 5.74) is 5.12. The van der Waals surface area contributed by atoms with Crippen LogP contribution in [0, 0.1) is 11.3 Å². The van der Waals surface area contributed by atoms with E-state index in [0.717, 1.165) is 10.7 Å². The maximum atomic E-state index is 11.6. The van der Waals surface area contributed by atoms with Crippen molar-refractivity contribution >= 4 is 15.9 Å². The average Bonchev–Trinajstić information content (AvgIpc) is 2.17. The second kappa shape index (κ2) is 4.59. The monoisotopic (exact) mass is 231 g/mol. The summed E-state index contributed by atoms with van der Waals surface area (Å²) in [6, 6.07) is 0.803. The predicted octanol–water partition coefficient (Wildman–Crippen LogP) is -0.820. The van der Waals surface area contributed by atoms with E-state index >= 15 is 0 Å². The first-order valence-corrected chi connectivity index (χ1v) is 6.26. The number of nitrogens with zero attached hydrogens (tertiary/aromatic N) is 2. The largest absolute Gasteiger partial charge is 0.368 e. The topological polar surface area (TPSA) is 104 Å². The van der Waals surface area contributed by atoms with Crippen LogP contribution in [0.2, 0.25) is 0 Å². The molecule has 1 amide bonds. The van der Waals surface area contributed by atoms with Crippen LogP contribution >= 0.6 is 0 Å². The molecule has 0 aliphatic carbocycles. The summed E-state index contributed by atoms with van der Waals surface area (Å²) >= 11 is 0. The second-order valence-corrected chi connectivity index (χ2v) is 5.36. The molecule has 0 radical (unpaired) electrons. The number of hydrogen-bond donors (Lipinski definition) is 1. The van der Waals surface area contributed by atoms with E-state index in [1.54, 1.807) is 6.07 Å². The molecule has 0 saturated carbocycles. The van der Waals surface area contributed by atoms with Gasteiger partial charge in [0.05, 0.1) is 6.07 Å². The lowest BCUT2D eigenvalue weighted by atomic mass is 10.0. The minimum Gasteiger partial charge on any atom is -0.368 e. The lowest BCUT2D eigenvalue weighted by Gasteiger charge is -2.31. The van der Waals surface area contributed by atoms with Crippen LogP contribution in [0.3, 0.4) is 0 Å². The molecule has 7 heteroatoms. The Morgan fingerprint density at radius 2 is 2.20 bits per heavy atom. The van der Waals surface area contributed by atoms with Gasteiger partial charge >= 0.3 is 0 Å². The zero-order valence-electron chi connectivity index (χ0n) is 8.22. The number of hydrogen-bond acceptors (Lipinski definition) is 4. The third kappa shape index (κ3) is 2.67. The first kappa shape index (κ1) is 11.9. The van der Waals surface area contributed by atoms with Gasteiger partial charge in [-0.05, 0) is 12.8 Å². The normalized spacial score (nSPS) is 23.3. The smallest absolute Gasteiger partial charge is 0.235 e. The Balaban J connectivity index is 2.91. The molecular formula is C8H13N3O3S. The van der Waals surface area contributed by atoms with Crippen molar-refractivity contribution in [1.29, 1.82) is 5.26 Å². The molecule has 0 bridgehead atoms. The Morgan fingerprint density at radius 1 is 1.53 bits per heavy atom. The van der Waals surface area contributed by atoms with E-state index in [1.165, 1.54) is 0 Å². The van der Waals surface area contributed by atoms with Crippen molar-refractivity contribution in [3.63, 3.8) is 0 Å². The highest BCUT2D eigenvalue weighted by molar-refractivity contribution is 7.89. The third-order valence-electron chi connectivity index (χ3n) is 2.39. The molecule has 84 valence electrons. The number of carbonyl (C=O) groups is 1. The molecule has 6 nitrogen and oxygen atoms in total. The van der Waals surface area contributed by atoms with E-state index < -0.39 is 27.7 Å². The number of amides is 1. The van der Waals surface area contributed by atoms with Gasteiger partial charge < -0.3 is 5.73 Å².